The molecule has 0 aromatic carbocycles. The zero-order valence-corrected chi connectivity index (χ0v) is 33.2. The Morgan fingerprint density at radius 1 is 0.870 bits per heavy atom. The number of aliphatic carboxylic acids is 2. The van der Waals surface area contributed by atoms with Gasteiger partial charge in [-0.05, 0) is 117 Å². The van der Waals surface area contributed by atoms with Crippen molar-refractivity contribution in [1.29, 1.82) is 0 Å². The van der Waals surface area contributed by atoms with Crippen molar-refractivity contribution in [3.05, 3.63) is 11.6 Å². The van der Waals surface area contributed by atoms with E-state index in [-0.39, 0.29) is 71.6 Å². The summed E-state index contributed by atoms with van der Waals surface area (Å²) in [5, 5.41) is 51.4. The zero-order valence-electron chi connectivity index (χ0n) is 33.2. The van der Waals surface area contributed by atoms with E-state index >= 15 is 0 Å². The molecule has 0 spiro atoms. The van der Waals surface area contributed by atoms with Crippen molar-refractivity contribution in [1.82, 2.24) is 10.9 Å². The number of esters is 2. The Morgan fingerprint density at radius 2 is 1.48 bits per heavy atom. The topological polar surface area (TPSA) is 220 Å². The zero-order chi connectivity index (χ0) is 40.2. The lowest BCUT2D eigenvalue weighted by Gasteiger charge is -2.71. The number of carboxylic acids is 2. The molecule has 0 saturated heterocycles. The number of carboxylic acid groups (broad SMARTS) is 2. The third kappa shape index (κ3) is 6.88. The van der Waals surface area contributed by atoms with Gasteiger partial charge in [-0.25, -0.2) is 15.6 Å². The van der Waals surface area contributed by atoms with Crippen LogP contribution in [0.2, 0.25) is 0 Å². The molecule has 13 nitrogen and oxygen atoms in total. The van der Waals surface area contributed by atoms with Gasteiger partial charge >= 0.3 is 23.9 Å². The van der Waals surface area contributed by atoms with Crippen LogP contribution >= 0.6 is 0 Å². The number of Topliss-reactive ketones (excluding diaryl/α,β-unsaturated/α-hetero) is 1. The van der Waals surface area contributed by atoms with Gasteiger partial charge in [-0.1, -0.05) is 53.2 Å². The molecule has 0 aliphatic heterocycles. The van der Waals surface area contributed by atoms with E-state index in [1.807, 2.05) is 6.92 Å². The fourth-order valence-corrected chi connectivity index (χ4v) is 12.6. The number of ketones is 1. The van der Waals surface area contributed by atoms with Crippen LogP contribution in [0.15, 0.2) is 11.6 Å². The maximum Gasteiger partial charge on any atom is 0.332 e. The van der Waals surface area contributed by atoms with E-state index in [1.54, 1.807) is 0 Å². The normalized spacial score (nSPS) is 42.5. The molecular weight excluding hydrogens is 696 g/mol. The Labute approximate surface area is 319 Å². The highest BCUT2D eigenvalue weighted by molar-refractivity contribution is 5.92. The molecule has 12 unspecified atom stereocenters. The average Bonchev–Trinajstić information content (AvgIpc) is 3.09. The van der Waals surface area contributed by atoms with Crippen LogP contribution in [0.4, 0.5) is 0 Å². The molecule has 0 heterocycles. The molecule has 5 rings (SSSR count). The minimum atomic E-state index is -1.29. The Hall–Kier alpha value is -2.71. The van der Waals surface area contributed by atoms with Crippen molar-refractivity contribution in [2.75, 3.05) is 6.61 Å². The largest absolute Gasteiger partial charge is 0.481 e. The number of rotatable bonds is 13. The second-order valence-electron chi connectivity index (χ2n) is 18.8. The van der Waals surface area contributed by atoms with E-state index in [0.29, 0.717) is 31.6 Å². The fraction of sp³-hybridized carbons (Fsp3) is 0.829. The summed E-state index contributed by atoms with van der Waals surface area (Å²) >= 11 is 0. The number of hydrogen-bond acceptors (Lipinski definition) is 11. The van der Waals surface area contributed by atoms with Gasteiger partial charge in [-0.3, -0.25) is 19.2 Å². The van der Waals surface area contributed by atoms with Crippen molar-refractivity contribution in [3.63, 3.8) is 0 Å². The summed E-state index contributed by atoms with van der Waals surface area (Å²) in [6.07, 6.45) is 4.70. The molecule has 5 aliphatic carbocycles. The fourth-order valence-electron chi connectivity index (χ4n) is 12.6. The molecule has 5 aliphatic rings. The van der Waals surface area contributed by atoms with E-state index < -0.39 is 65.4 Å². The molecular formula is C41H64N2O11. The number of carbonyl (C=O) groups is 5. The molecule has 304 valence electrons. The van der Waals surface area contributed by atoms with Crippen LogP contribution in [-0.4, -0.2) is 86.1 Å². The lowest BCUT2D eigenvalue weighted by molar-refractivity contribution is -0.244. The van der Waals surface area contributed by atoms with Gasteiger partial charge in [0.1, 0.15) is 11.8 Å². The van der Waals surface area contributed by atoms with Crippen LogP contribution in [0.5, 0.6) is 0 Å². The predicted octanol–water partition coefficient (Wildman–Crippen LogP) is 4.17. The summed E-state index contributed by atoms with van der Waals surface area (Å²) in [6, 6.07) is -2.25. The quantitative estimate of drug-likeness (QED) is 0.0608. The maximum absolute atomic E-state index is 14.6. The molecule has 0 radical (unpaired) electrons. The van der Waals surface area contributed by atoms with Gasteiger partial charge in [-0.2, -0.15) is 0 Å². The second kappa shape index (κ2) is 15.3. The molecule has 0 bridgehead atoms. The van der Waals surface area contributed by atoms with Gasteiger partial charge in [-0.15, -0.1) is 0 Å². The van der Waals surface area contributed by atoms with E-state index in [2.05, 4.69) is 51.5 Å². The maximum atomic E-state index is 14.6. The first-order valence-electron chi connectivity index (χ1n) is 20.0. The van der Waals surface area contributed by atoms with Crippen LogP contribution in [0.1, 0.15) is 126 Å². The van der Waals surface area contributed by atoms with Gasteiger partial charge in [0, 0.05) is 18.3 Å². The summed E-state index contributed by atoms with van der Waals surface area (Å²) in [5.41, 5.74) is 3.93. The number of aliphatic hydroxyl groups excluding tert-OH is 3. The van der Waals surface area contributed by atoms with Crippen LogP contribution in [-0.2, 0) is 28.7 Å². The number of hydrogen-bond donors (Lipinski definition) is 7. The molecule has 54 heavy (non-hydrogen) atoms. The summed E-state index contributed by atoms with van der Waals surface area (Å²) < 4.78 is 5.75. The minimum Gasteiger partial charge on any atom is -0.481 e. The number of allylic oxidation sites excluding steroid dienone is 2. The Bertz CT molecular complexity index is 1530. The number of fused-ring (bicyclic) bond motifs is 7. The summed E-state index contributed by atoms with van der Waals surface area (Å²) in [4.78, 5) is 63.2. The molecule has 13 heteroatoms. The lowest BCUT2D eigenvalue weighted by atomic mass is 9.33. The number of hydrazine groups is 1. The van der Waals surface area contributed by atoms with Crippen LogP contribution in [0, 0.1) is 56.7 Å². The summed E-state index contributed by atoms with van der Waals surface area (Å²) in [6.45, 7) is 14.3. The van der Waals surface area contributed by atoms with Crippen molar-refractivity contribution < 1.29 is 54.2 Å². The van der Waals surface area contributed by atoms with Gasteiger partial charge < -0.3 is 30.3 Å². The molecule has 4 saturated carbocycles. The molecule has 0 aromatic heterocycles. The summed E-state index contributed by atoms with van der Waals surface area (Å²) in [5.74, 6) is -3.84. The second-order valence-corrected chi connectivity index (χ2v) is 18.8. The van der Waals surface area contributed by atoms with Gasteiger partial charge in [0.05, 0.1) is 30.3 Å². The van der Waals surface area contributed by atoms with Crippen LogP contribution < -0.4 is 10.9 Å². The number of aliphatic hydroxyl groups is 3. The standard InChI is InChI=1S/C41H64N2O11/c1-22-14-17-41(36(53)54-35(52)27(10-13-32(49)50)43-42-26(24(3)45)9-12-31(47)48)19-18-39(6)25(33(41)23(22)2)8-11-30-37(4)20-28(46)34(51)38(5,21-44)29(37)15-16-40(30,39)7/h8,22-23,26-30,33-34,42-44,46,51H,9-21H2,1-7H3,(H,47,48)(H,49,50)/t22?,23?,26-,27-,28?,29?,30?,33?,34?,37?,38?,39?,40?,41?/m0/s1. The first-order chi connectivity index (χ1) is 25.1. The van der Waals surface area contributed by atoms with Gasteiger partial charge in [0.2, 0.25) is 0 Å². The molecule has 7 N–H and O–H groups in total. The SMILES string of the molecule is CC(=O)[C@H](CCC(=O)O)NN[C@@H](CCC(=O)O)C(=O)OC(=O)C12CCC(C)C(C)C1C1=CCC3C4(C)CC(O)C(O)C(C)(CO)C4CCC3(C)C1(C)CC2. The van der Waals surface area contributed by atoms with Gasteiger partial charge in [0.15, 0.2) is 0 Å². The highest BCUT2D eigenvalue weighted by atomic mass is 16.6. The molecule has 0 aromatic rings. The van der Waals surface area contributed by atoms with E-state index in [0.717, 1.165) is 25.7 Å². The number of carbonyl (C=O) groups excluding carboxylic acids is 3. The third-order valence-corrected chi connectivity index (χ3v) is 16.2. The van der Waals surface area contributed by atoms with Crippen LogP contribution in [0.3, 0.4) is 0 Å². The Kier molecular flexibility index (Phi) is 12.0. The third-order valence-electron chi connectivity index (χ3n) is 16.2. The minimum absolute atomic E-state index is 0.0161. The van der Waals surface area contributed by atoms with E-state index in [9.17, 15) is 44.4 Å². The Morgan fingerprint density at radius 3 is 2.07 bits per heavy atom. The number of nitrogens with one attached hydrogen (secondary N) is 2. The van der Waals surface area contributed by atoms with Crippen molar-refractivity contribution >= 4 is 29.7 Å². The predicted molar refractivity (Wildman–Crippen MR) is 197 cm³/mol. The molecule has 4 fully saturated rings. The van der Waals surface area contributed by atoms with Gasteiger partial charge in [0.25, 0.3) is 0 Å². The first kappa shape index (κ1) is 42.4. The molecule has 14 atom stereocenters. The number of ether oxygens (including phenoxy) is 1. The van der Waals surface area contributed by atoms with E-state index in [4.69, 9.17) is 9.84 Å². The van der Waals surface area contributed by atoms with Crippen LogP contribution in [0.25, 0.3) is 0 Å². The first-order valence-corrected chi connectivity index (χ1v) is 20.0. The summed E-state index contributed by atoms with van der Waals surface area (Å²) in [7, 11) is 0. The van der Waals surface area contributed by atoms with Crippen molar-refractivity contribution in [3.8, 4) is 0 Å². The smallest absolute Gasteiger partial charge is 0.332 e. The highest BCUT2D eigenvalue weighted by Crippen LogP contribution is 2.75. The Balaban J connectivity index is 1.45. The highest BCUT2D eigenvalue weighted by Gasteiger charge is 2.71. The van der Waals surface area contributed by atoms with Crippen molar-refractivity contribution in [2.45, 2.75) is 150 Å². The monoisotopic (exact) mass is 760 g/mol. The van der Waals surface area contributed by atoms with Crippen molar-refractivity contribution in [2.24, 2.45) is 56.7 Å². The lowest BCUT2D eigenvalue weighted by Crippen LogP contribution is -2.68. The van der Waals surface area contributed by atoms with E-state index in [1.165, 1.54) is 12.5 Å². The molecule has 0 amide bonds. The average molecular weight is 761 g/mol.